The minimum absolute atomic E-state index is 0.197. The highest BCUT2D eigenvalue weighted by molar-refractivity contribution is 6.20. The van der Waals surface area contributed by atoms with Gasteiger partial charge in [-0.05, 0) is 35.9 Å². The quantitative estimate of drug-likeness (QED) is 0.606. The number of nitrogens with zero attached hydrogens (tertiary/aromatic N) is 2. The number of urea groups is 1. The summed E-state index contributed by atoms with van der Waals surface area (Å²) >= 11 is 0. The van der Waals surface area contributed by atoms with Crippen molar-refractivity contribution >= 4 is 29.2 Å². The summed E-state index contributed by atoms with van der Waals surface area (Å²) in [5.41, 5.74) is 2.13. The number of aromatic amines is 1. The number of halogens is 1. The van der Waals surface area contributed by atoms with Gasteiger partial charge in [-0.3, -0.25) is 9.59 Å². The first-order chi connectivity index (χ1) is 13.5. The van der Waals surface area contributed by atoms with Crippen molar-refractivity contribution < 1.29 is 18.8 Å². The Balaban J connectivity index is 1.54. The fourth-order valence-electron chi connectivity index (χ4n) is 2.85. The van der Waals surface area contributed by atoms with Gasteiger partial charge in [0.25, 0.3) is 11.8 Å². The van der Waals surface area contributed by atoms with E-state index in [1.54, 1.807) is 36.8 Å². The largest absolute Gasteiger partial charge is 0.345 e. The maximum Gasteiger partial charge on any atom is 0.329 e. The lowest BCUT2D eigenvalue weighted by Crippen LogP contribution is -2.31. The number of aromatic nitrogens is 2. The Morgan fingerprint density at radius 2 is 1.93 bits per heavy atom. The van der Waals surface area contributed by atoms with Gasteiger partial charge in [0, 0.05) is 11.3 Å². The Hall–Kier alpha value is -4.01. The first-order valence-corrected chi connectivity index (χ1v) is 8.33. The second kappa shape index (κ2) is 6.95. The molecule has 3 aromatic rings. The summed E-state index contributed by atoms with van der Waals surface area (Å²) in [6.07, 6.45) is 3.23. The molecule has 140 valence electrons. The molecule has 0 unspecified atom stereocenters. The Bertz CT molecular complexity index is 1050. The summed E-state index contributed by atoms with van der Waals surface area (Å²) in [6, 6.07) is 9.81. The predicted octanol–water partition coefficient (Wildman–Crippen LogP) is 2.52. The lowest BCUT2D eigenvalue weighted by Gasteiger charge is -2.15. The second-order valence-electron chi connectivity index (χ2n) is 6.05. The van der Waals surface area contributed by atoms with Gasteiger partial charge in [0.2, 0.25) is 0 Å². The Morgan fingerprint density at radius 1 is 1.14 bits per heavy atom. The molecule has 2 heterocycles. The number of imide groups is 1. The van der Waals surface area contributed by atoms with Crippen LogP contribution in [0.4, 0.5) is 20.6 Å². The summed E-state index contributed by atoms with van der Waals surface area (Å²) in [5, 5.41) is 4.96. The van der Waals surface area contributed by atoms with Crippen LogP contribution in [0.15, 0.2) is 55.0 Å². The summed E-state index contributed by atoms with van der Waals surface area (Å²) < 4.78 is 14.1. The highest BCUT2D eigenvalue weighted by atomic mass is 19.1. The van der Waals surface area contributed by atoms with Crippen molar-refractivity contribution in [2.45, 2.75) is 0 Å². The maximum absolute atomic E-state index is 14.1. The lowest BCUT2D eigenvalue weighted by molar-refractivity contribution is -0.115. The van der Waals surface area contributed by atoms with Crippen LogP contribution in [0, 0.1) is 5.82 Å². The first-order valence-electron chi connectivity index (χ1n) is 8.33. The van der Waals surface area contributed by atoms with Crippen LogP contribution in [-0.4, -0.2) is 34.4 Å². The number of hydrogen-bond acceptors (Lipinski definition) is 4. The van der Waals surface area contributed by atoms with E-state index in [1.807, 2.05) is 0 Å². The van der Waals surface area contributed by atoms with Gasteiger partial charge >= 0.3 is 6.03 Å². The van der Waals surface area contributed by atoms with Crippen LogP contribution in [0.2, 0.25) is 0 Å². The van der Waals surface area contributed by atoms with Crippen LogP contribution in [0.25, 0.3) is 11.3 Å². The monoisotopic (exact) mass is 379 g/mol. The molecule has 8 nitrogen and oxygen atoms in total. The minimum atomic E-state index is -0.743. The summed E-state index contributed by atoms with van der Waals surface area (Å²) in [4.78, 5) is 43.7. The first kappa shape index (κ1) is 17.4. The number of imidazole rings is 1. The van der Waals surface area contributed by atoms with E-state index in [1.165, 1.54) is 12.1 Å². The van der Waals surface area contributed by atoms with E-state index in [0.717, 1.165) is 17.3 Å². The zero-order valence-electron chi connectivity index (χ0n) is 14.4. The van der Waals surface area contributed by atoms with Crippen LogP contribution >= 0.6 is 0 Å². The molecule has 0 saturated carbocycles. The molecule has 2 aromatic carbocycles. The molecule has 4 amide bonds. The molecular formula is C19H14FN5O3. The molecule has 0 spiro atoms. The average molecular weight is 379 g/mol. The molecule has 9 heteroatoms. The molecule has 0 aliphatic carbocycles. The van der Waals surface area contributed by atoms with Crippen LogP contribution < -0.4 is 15.5 Å². The number of amides is 4. The van der Waals surface area contributed by atoms with E-state index in [0.29, 0.717) is 10.5 Å². The minimum Gasteiger partial charge on any atom is -0.345 e. The normalized spacial score (nSPS) is 13.5. The Morgan fingerprint density at radius 3 is 2.57 bits per heavy atom. The molecule has 28 heavy (non-hydrogen) atoms. The number of benzene rings is 2. The molecule has 4 rings (SSSR count). The van der Waals surface area contributed by atoms with E-state index >= 15 is 0 Å². The topological polar surface area (TPSA) is 107 Å². The highest BCUT2D eigenvalue weighted by Gasteiger charge is 2.32. The molecule has 1 saturated heterocycles. The third-order valence-corrected chi connectivity index (χ3v) is 4.24. The third-order valence-electron chi connectivity index (χ3n) is 4.24. The molecular weight excluding hydrogens is 365 g/mol. The molecule has 0 radical (unpaired) electrons. The van der Waals surface area contributed by atoms with Crippen molar-refractivity contribution in [3.8, 4) is 11.3 Å². The number of carbonyl (C=O) groups is 3. The Labute approximate surface area is 158 Å². The summed E-state index contributed by atoms with van der Waals surface area (Å²) in [5.74, 6) is -1.72. The van der Waals surface area contributed by atoms with Crippen molar-refractivity contribution in [1.82, 2.24) is 15.3 Å². The van der Waals surface area contributed by atoms with Crippen LogP contribution in [0.5, 0.6) is 0 Å². The van der Waals surface area contributed by atoms with Gasteiger partial charge in [0.05, 0.1) is 30.5 Å². The number of anilines is 2. The molecule has 1 aliphatic heterocycles. The van der Waals surface area contributed by atoms with Crippen LogP contribution in [0.1, 0.15) is 10.4 Å². The summed E-state index contributed by atoms with van der Waals surface area (Å²) in [6.45, 7) is -0.197. The van der Waals surface area contributed by atoms with Gasteiger partial charge in [0.1, 0.15) is 5.82 Å². The maximum atomic E-state index is 14.1. The average Bonchev–Trinajstić information content (AvgIpc) is 3.34. The zero-order chi connectivity index (χ0) is 19.7. The second-order valence-corrected chi connectivity index (χ2v) is 6.05. The predicted molar refractivity (Wildman–Crippen MR) is 99.3 cm³/mol. The Kier molecular flexibility index (Phi) is 4.32. The SMILES string of the molecule is O=C(Nc1ccc(F)c(N2C(=O)CNC2=O)c1)c1ccc(-c2cnc[nH]2)cc1. The van der Waals surface area contributed by atoms with E-state index < -0.39 is 23.7 Å². The number of hydrogen-bond donors (Lipinski definition) is 3. The molecule has 3 N–H and O–H groups in total. The summed E-state index contributed by atoms with van der Waals surface area (Å²) in [7, 11) is 0. The number of H-pyrrole nitrogens is 1. The van der Waals surface area contributed by atoms with Gasteiger partial charge in [-0.25, -0.2) is 19.1 Å². The lowest BCUT2D eigenvalue weighted by atomic mass is 10.1. The zero-order valence-corrected chi connectivity index (χ0v) is 14.4. The van der Waals surface area contributed by atoms with E-state index in [-0.39, 0.29) is 17.9 Å². The molecule has 1 aliphatic rings. The van der Waals surface area contributed by atoms with Crippen molar-refractivity contribution in [1.29, 1.82) is 0 Å². The van der Waals surface area contributed by atoms with E-state index in [4.69, 9.17) is 0 Å². The van der Waals surface area contributed by atoms with E-state index in [9.17, 15) is 18.8 Å². The molecule has 1 fully saturated rings. The van der Waals surface area contributed by atoms with Crippen LogP contribution in [0.3, 0.4) is 0 Å². The fourth-order valence-corrected chi connectivity index (χ4v) is 2.85. The van der Waals surface area contributed by atoms with Crippen molar-refractivity contribution in [3.63, 3.8) is 0 Å². The fraction of sp³-hybridized carbons (Fsp3) is 0.0526. The van der Waals surface area contributed by atoms with Gasteiger partial charge in [0.15, 0.2) is 0 Å². The number of rotatable bonds is 4. The van der Waals surface area contributed by atoms with Crippen molar-refractivity contribution in [2.75, 3.05) is 16.8 Å². The van der Waals surface area contributed by atoms with Crippen molar-refractivity contribution in [2.24, 2.45) is 0 Å². The smallest absolute Gasteiger partial charge is 0.329 e. The molecule has 0 bridgehead atoms. The molecule has 1 aromatic heterocycles. The standard InChI is InChI=1S/C19H14FN5O3/c20-14-6-5-13(7-16(14)25-17(26)9-22-19(25)28)24-18(27)12-3-1-11(2-4-12)15-8-21-10-23-15/h1-8,10H,9H2,(H,21,23)(H,22,28)(H,24,27). The van der Waals surface area contributed by atoms with Crippen LogP contribution in [-0.2, 0) is 4.79 Å². The third kappa shape index (κ3) is 3.20. The molecule has 0 atom stereocenters. The highest BCUT2D eigenvalue weighted by Crippen LogP contribution is 2.26. The van der Waals surface area contributed by atoms with Crippen molar-refractivity contribution in [3.05, 3.63) is 66.4 Å². The van der Waals surface area contributed by atoms with Gasteiger partial charge in [-0.15, -0.1) is 0 Å². The van der Waals surface area contributed by atoms with E-state index in [2.05, 4.69) is 20.6 Å². The van der Waals surface area contributed by atoms with Gasteiger partial charge in [-0.2, -0.15) is 0 Å². The number of carbonyl (C=O) groups excluding carboxylic acids is 3. The number of nitrogens with one attached hydrogen (secondary N) is 3. The van der Waals surface area contributed by atoms with Gasteiger partial charge < -0.3 is 15.6 Å². The van der Waals surface area contributed by atoms with Gasteiger partial charge in [-0.1, -0.05) is 12.1 Å².